The third-order valence-electron chi connectivity index (χ3n) is 4.51. The number of hydrogen-bond donors (Lipinski definition) is 0. The van der Waals surface area contributed by atoms with Gasteiger partial charge in [0.25, 0.3) is 0 Å². The first-order chi connectivity index (χ1) is 14.4. The highest BCUT2D eigenvalue weighted by Crippen LogP contribution is 2.33. The average Bonchev–Trinajstić information content (AvgIpc) is 2.79. The highest BCUT2D eigenvalue weighted by Gasteiger charge is 2.34. The molecule has 8 nitrogen and oxygen atoms in total. The lowest BCUT2D eigenvalue weighted by atomic mass is 9.86. The minimum Gasteiger partial charge on any atom is -0.493 e. The van der Waals surface area contributed by atoms with Gasteiger partial charge < -0.3 is 18.9 Å². The van der Waals surface area contributed by atoms with Gasteiger partial charge in [-0.05, 0) is 35.4 Å². The van der Waals surface area contributed by atoms with E-state index in [1.54, 1.807) is 0 Å². The fourth-order valence-electron chi connectivity index (χ4n) is 2.92. The van der Waals surface area contributed by atoms with Crippen LogP contribution in [0.3, 0.4) is 0 Å². The van der Waals surface area contributed by atoms with Crippen molar-refractivity contribution >= 4 is 11.6 Å². The lowest BCUT2D eigenvalue weighted by Crippen LogP contribution is -2.26. The molecule has 2 rings (SSSR count). The summed E-state index contributed by atoms with van der Waals surface area (Å²) in [5.41, 5.74) is 0.523. The summed E-state index contributed by atoms with van der Waals surface area (Å²) in [6, 6.07) is 12.6. The summed E-state index contributed by atoms with van der Waals surface area (Å²) < 4.78 is 20.7. The predicted molar refractivity (Wildman–Crippen MR) is 106 cm³/mol. The fraction of sp³-hybridized carbons (Fsp3) is 0.273. The van der Waals surface area contributed by atoms with E-state index in [2.05, 4.69) is 0 Å². The predicted octanol–water partition coefficient (Wildman–Crippen LogP) is 2.77. The van der Waals surface area contributed by atoms with Crippen LogP contribution in [0.2, 0.25) is 0 Å². The van der Waals surface area contributed by atoms with Crippen LogP contribution in [0.5, 0.6) is 23.0 Å². The largest absolute Gasteiger partial charge is 0.493 e. The summed E-state index contributed by atoms with van der Waals surface area (Å²) in [7, 11) is 5.74. The highest BCUT2D eigenvalue weighted by molar-refractivity contribution is 6.42. The van der Waals surface area contributed by atoms with E-state index in [0.717, 1.165) is 0 Å². The minimum atomic E-state index is -1.40. The molecule has 0 bridgehead atoms. The standard InChI is InChI=1S/C22H20N2O6/c1-27-17-7-5-13(9-19(17)29-3)15(11-23)21(25)22(26)16(12-24)14-6-8-18(28-2)20(10-14)30-4/h5-10,15-16H,1-4H3. The summed E-state index contributed by atoms with van der Waals surface area (Å²) in [5, 5.41) is 19.1. The number of rotatable bonds is 9. The van der Waals surface area contributed by atoms with E-state index in [1.807, 2.05) is 12.1 Å². The maximum atomic E-state index is 12.8. The Kier molecular flexibility index (Phi) is 7.38. The molecular formula is C22H20N2O6. The van der Waals surface area contributed by atoms with Crippen LogP contribution in [0.1, 0.15) is 23.0 Å². The summed E-state index contributed by atoms with van der Waals surface area (Å²) in [6.45, 7) is 0. The van der Waals surface area contributed by atoms with Crippen molar-refractivity contribution in [3.05, 3.63) is 47.5 Å². The molecule has 2 aromatic rings. The Balaban J connectivity index is 2.39. The second-order valence-corrected chi connectivity index (χ2v) is 6.08. The number of nitrogens with zero attached hydrogens (tertiary/aromatic N) is 2. The van der Waals surface area contributed by atoms with Crippen molar-refractivity contribution in [1.82, 2.24) is 0 Å². The molecule has 2 aromatic carbocycles. The molecule has 0 fully saturated rings. The van der Waals surface area contributed by atoms with Crippen LogP contribution >= 0.6 is 0 Å². The molecule has 0 saturated heterocycles. The Hall–Kier alpha value is -4.04. The summed E-state index contributed by atoms with van der Waals surface area (Å²) >= 11 is 0. The molecule has 0 amide bonds. The van der Waals surface area contributed by atoms with Crippen LogP contribution in [0.25, 0.3) is 0 Å². The summed E-state index contributed by atoms with van der Waals surface area (Å²) in [5.74, 6) is -3.33. The van der Waals surface area contributed by atoms with Gasteiger partial charge in [0.15, 0.2) is 23.0 Å². The average molecular weight is 408 g/mol. The van der Waals surface area contributed by atoms with Crippen LogP contribution in [-0.4, -0.2) is 40.0 Å². The van der Waals surface area contributed by atoms with Crippen molar-refractivity contribution < 1.29 is 28.5 Å². The molecule has 0 heterocycles. The van der Waals surface area contributed by atoms with Crippen LogP contribution in [0.4, 0.5) is 0 Å². The van der Waals surface area contributed by atoms with Gasteiger partial charge in [-0.15, -0.1) is 0 Å². The third kappa shape index (κ3) is 4.34. The molecule has 2 unspecified atom stereocenters. The second kappa shape index (κ2) is 9.94. The molecule has 0 aliphatic carbocycles. The zero-order valence-electron chi connectivity index (χ0n) is 17.0. The molecule has 154 valence electrons. The zero-order valence-corrected chi connectivity index (χ0v) is 17.0. The Bertz CT molecular complexity index is 951. The van der Waals surface area contributed by atoms with Crippen LogP contribution < -0.4 is 18.9 Å². The van der Waals surface area contributed by atoms with E-state index in [0.29, 0.717) is 23.0 Å². The number of ether oxygens (including phenoxy) is 4. The van der Waals surface area contributed by atoms with Gasteiger partial charge in [-0.3, -0.25) is 9.59 Å². The Morgan fingerprint density at radius 2 is 1.00 bits per heavy atom. The Morgan fingerprint density at radius 3 is 1.27 bits per heavy atom. The molecule has 0 radical (unpaired) electrons. The van der Waals surface area contributed by atoms with Crippen LogP contribution in [0, 0.1) is 22.7 Å². The molecule has 0 aromatic heterocycles. The van der Waals surface area contributed by atoms with E-state index >= 15 is 0 Å². The number of carbonyl (C=O) groups is 2. The molecule has 0 aliphatic heterocycles. The van der Waals surface area contributed by atoms with Gasteiger partial charge in [-0.25, -0.2) is 0 Å². The molecule has 0 N–H and O–H groups in total. The van der Waals surface area contributed by atoms with Gasteiger partial charge in [-0.2, -0.15) is 10.5 Å². The normalized spacial score (nSPS) is 11.9. The molecule has 8 heteroatoms. The number of ketones is 2. The molecular weight excluding hydrogens is 388 g/mol. The minimum absolute atomic E-state index is 0.262. The SMILES string of the molecule is COc1ccc(C(C#N)C(=O)C(=O)C(C#N)c2ccc(OC)c(OC)c2)cc1OC. The van der Waals surface area contributed by atoms with Crippen molar-refractivity contribution in [2.24, 2.45) is 0 Å². The highest BCUT2D eigenvalue weighted by atomic mass is 16.5. The van der Waals surface area contributed by atoms with E-state index in [9.17, 15) is 20.1 Å². The zero-order chi connectivity index (χ0) is 22.3. The van der Waals surface area contributed by atoms with Crippen LogP contribution in [-0.2, 0) is 9.59 Å². The first-order valence-corrected chi connectivity index (χ1v) is 8.76. The maximum absolute atomic E-state index is 12.8. The lowest BCUT2D eigenvalue weighted by Gasteiger charge is -2.15. The van der Waals surface area contributed by atoms with E-state index in [1.165, 1.54) is 64.8 Å². The van der Waals surface area contributed by atoms with Gasteiger partial charge in [0.2, 0.25) is 11.6 Å². The fourth-order valence-corrected chi connectivity index (χ4v) is 2.92. The first-order valence-electron chi connectivity index (χ1n) is 8.76. The van der Waals surface area contributed by atoms with Crippen molar-refractivity contribution in [1.29, 1.82) is 10.5 Å². The van der Waals surface area contributed by atoms with Gasteiger partial charge >= 0.3 is 0 Å². The number of nitriles is 2. The van der Waals surface area contributed by atoms with Crippen molar-refractivity contribution in [3.63, 3.8) is 0 Å². The number of benzene rings is 2. The van der Waals surface area contributed by atoms with Crippen LogP contribution in [0.15, 0.2) is 36.4 Å². The lowest BCUT2D eigenvalue weighted by molar-refractivity contribution is -0.137. The van der Waals surface area contributed by atoms with Gasteiger partial charge in [-0.1, -0.05) is 12.1 Å². The van der Waals surface area contributed by atoms with Crippen molar-refractivity contribution in [2.75, 3.05) is 28.4 Å². The van der Waals surface area contributed by atoms with Crippen molar-refractivity contribution in [3.8, 4) is 35.1 Å². The Labute approximate surface area is 174 Å². The molecule has 0 spiro atoms. The monoisotopic (exact) mass is 408 g/mol. The summed E-state index contributed by atoms with van der Waals surface area (Å²) in [6.07, 6.45) is 0. The quantitative estimate of drug-likeness (QED) is 0.581. The molecule has 0 aliphatic rings. The number of Topliss-reactive ketones (excluding diaryl/α,β-unsaturated/α-hetero) is 2. The maximum Gasteiger partial charge on any atom is 0.221 e. The van der Waals surface area contributed by atoms with E-state index < -0.39 is 23.4 Å². The van der Waals surface area contributed by atoms with E-state index in [-0.39, 0.29) is 11.1 Å². The second-order valence-electron chi connectivity index (χ2n) is 6.08. The number of carbonyl (C=O) groups excluding carboxylic acids is 2. The number of methoxy groups -OCH3 is 4. The van der Waals surface area contributed by atoms with Crippen molar-refractivity contribution in [2.45, 2.75) is 11.8 Å². The third-order valence-corrected chi connectivity index (χ3v) is 4.51. The first kappa shape index (κ1) is 22.3. The molecule has 30 heavy (non-hydrogen) atoms. The Morgan fingerprint density at radius 1 is 0.667 bits per heavy atom. The van der Waals surface area contributed by atoms with Gasteiger partial charge in [0, 0.05) is 0 Å². The topological polar surface area (TPSA) is 119 Å². The summed E-state index contributed by atoms with van der Waals surface area (Å²) in [4.78, 5) is 25.7. The van der Waals surface area contributed by atoms with E-state index in [4.69, 9.17) is 18.9 Å². The number of hydrogen-bond acceptors (Lipinski definition) is 8. The molecule has 0 saturated carbocycles. The van der Waals surface area contributed by atoms with Gasteiger partial charge in [0.05, 0.1) is 40.6 Å². The molecule has 2 atom stereocenters. The smallest absolute Gasteiger partial charge is 0.221 e. The van der Waals surface area contributed by atoms with Gasteiger partial charge in [0.1, 0.15) is 11.8 Å².